The van der Waals surface area contributed by atoms with Gasteiger partial charge in [-0.25, -0.2) is 12.8 Å². The van der Waals surface area contributed by atoms with Gasteiger partial charge in [-0.05, 0) is 33.6 Å². The summed E-state index contributed by atoms with van der Waals surface area (Å²) in [6, 6.07) is 4.34. The number of hydrogen-bond donors (Lipinski definition) is 1. The molecule has 0 saturated heterocycles. The van der Waals surface area contributed by atoms with Crippen LogP contribution in [-0.2, 0) is 19.4 Å². The van der Waals surface area contributed by atoms with E-state index in [1.165, 1.54) is 18.2 Å². The number of hydrogen-bond acceptors (Lipinski definition) is 5. The van der Waals surface area contributed by atoms with Gasteiger partial charge in [-0.1, -0.05) is 6.07 Å². The SMILES string of the molecule is O=C1COCC2=C1[C@@H](c1ccc(F)c(Br)c1)C1=C(CCS1(=O)=O)N2. The third-order valence-electron chi connectivity index (χ3n) is 4.49. The number of carbonyl (C=O) groups excluding carboxylic acids is 1. The Morgan fingerprint density at radius 3 is 2.79 bits per heavy atom. The number of dihydropyridines is 1. The van der Waals surface area contributed by atoms with Crippen LogP contribution in [-0.4, -0.2) is 33.2 Å². The van der Waals surface area contributed by atoms with E-state index in [0.717, 1.165) is 0 Å². The molecule has 1 aromatic carbocycles. The lowest BCUT2D eigenvalue weighted by Crippen LogP contribution is -2.36. The molecule has 8 heteroatoms. The molecule has 3 heterocycles. The van der Waals surface area contributed by atoms with Crippen LogP contribution in [0.3, 0.4) is 0 Å². The van der Waals surface area contributed by atoms with Crippen molar-refractivity contribution < 1.29 is 22.3 Å². The first-order valence-electron chi connectivity index (χ1n) is 7.40. The maximum atomic E-state index is 13.6. The van der Waals surface area contributed by atoms with Gasteiger partial charge in [0.05, 0.1) is 27.7 Å². The van der Waals surface area contributed by atoms with Gasteiger partial charge in [-0.15, -0.1) is 0 Å². The second kappa shape index (κ2) is 5.50. The number of ketones is 1. The fraction of sp³-hybridized carbons (Fsp3) is 0.312. The Morgan fingerprint density at radius 2 is 2.04 bits per heavy atom. The van der Waals surface area contributed by atoms with Crippen molar-refractivity contribution in [1.82, 2.24) is 5.32 Å². The molecule has 0 unspecified atom stereocenters. The summed E-state index contributed by atoms with van der Waals surface area (Å²) < 4.78 is 44.2. The maximum absolute atomic E-state index is 13.6. The van der Waals surface area contributed by atoms with E-state index < -0.39 is 21.6 Å². The van der Waals surface area contributed by atoms with E-state index in [1.54, 1.807) is 0 Å². The Labute approximate surface area is 146 Å². The van der Waals surface area contributed by atoms with Gasteiger partial charge < -0.3 is 10.1 Å². The number of halogens is 2. The molecule has 0 spiro atoms. The van der Waals surface area contributed by atoms with Crippen molar-refractivity contribution >= 4 is 31.6 Å². The van der Waals surface area contributed by atoms with E-state index in [9.17, 15) is 17.6 Å². The van der Waals surface area contributed by atoms with E-state index in [1.807, 2.05) is 0 Å². The monoisotopic (exact) mass is 413 g/mol. The molecular formula is C16H13BrFNO4S. The molecule has 0 aliphatic carbocycles. The Balaban J connectivity index is 1.96. The molecular weight excluding hydrogens is 401 g/mol. The molecule has 1 aromatic rings. The predicted octanol–water partition coefficient (Wildman–Crippen LogP) is 2.16. The number of Topliss-reactive ketones (excluding diaryl/α,β-unsaturated/α-hetero) is 1. The molecule has 0 radical (unpaired) electrons. The van der Waals surface area contributed by atoms with Crippen molar-refractivity contribution in [3.8, 4) is 0 Å². The zero-order chi connectivity index (χ0) is 17.1. The Kier molecular flexibility index (Phi) is 3.67. The third-order valence-corrected chi connectivity index (χ3v) is 6.99. The molecule has 0 fully saturated rings. The quantitative estimate of drug-likeness (QED) is 0.763. The highest BCUT2D eigenvalue weighted by Gasteiger charge is 2.44. The molecule has 1 N–H and O–H groups in total. The highest BCUT2D eigenvalue weighted by atomic mass is 79.9. The molecule has 0 saturated carbocycles. The smallest absolute Gasteiger partial charge is 0.187 e. The topological polar surface area (TPSA) is 72.5 Å². The molecule has 0 aromatic heterocycles. The summed E-state index contributed by atoms with van der Waals surface area (Å²) >= 11 is 3.14. The summed E-state index contributed by atoms with van der Waals surface area (Å²) in [6.07, 6.45) is 0.376. The molecule has 0 amide bonds. The van der Waals surface area contributed by atoms with Crippen LogP contribution in [0.1, 0.15) is 17.9 Å². The van der Waals surface area contributed by atoms with Gasteiger partial charge in [0.15, 0.2) is 15.6 Å². The van der Waals surface area contributed by atoms with Gasteiger partial charge in [0.1, 0.15) is 12.4 Å². The van der Waals surface area contributed by atoms with Gasteiger partial charge in [0.2, 0.25) is 0 Å². The zero-order valence-corrected chi connectivity index (χ0v) is 14.8. The number of allylic oxidation sites excluding steroid dienone is 2. The third kappa shape index (κ3) is 2.35. The van der Waals surface area contributed by atoms with E-state index in [2.05, 4.69) is 21.2 Å². The van der Waals surface area contributed by atoms with Gasteiger partial charge >= 0.3 is 0 Å². The summed E-state index contributed by atoms with van der Waals surface area (Å²) in [5.41, 5.74) is 2.19. The lowest BCUT2D eigenvalue weighted by atomic mass is 9.83. The molecule has 0 bridgehead atoms. The Bertz CT molecular complexity index is 935. The number of ether oxygens (including phenoxy) is 1. The summed E-state index contributed by atoms with van der Waals surface area (Å²) in [7, 11) is -3.46. The minimum atomic E-state index is -3.46. The van der Waals surface area contributed by atoms with Gasteiger partial charge in [0, 0.05) is 23.4 Å². The van der Waals surface area contributed by atoms with Crippen LogP contribution in [0.2, 0.25) is 0 Å². The molecule has 4 rings (SSSR count). The molecule has 126 valence electrons. The summed E-state index contributed by atoms with van der Waals surface area (Å²) in [5, 5.41) is 3.08. The van der Waals surface area contributed by atoms with Crippen molar-refractivity contribution in [2.24, 2.45) is 0 Å². The maximum Gasteiger partial charge on any atom is 0.187 e. The van der Waals surface area contributed by atoms with Crippen LogP contribution < -0.4 is 5.32 Å². The van der Waals surface area contributed by atoms with Crippen molar-refractivity contribution in [1.29, 1.82) is 0 Å². The molecule has 1 atom stereocenters. The lowest BCUT2D eigenvalue weighted by molar-refractivity contribution is -0.121. The average molecular weight is 414 g/mol. The van der Waals surface area contributed by atoms with Gasteiger partial charge in [0.25, 0.3) is 0 Å². The fourth-order valence-corrected chi connectivity index (χ4v) is 5.70. The van der Waals surface area contributed by atoms with Crippen LogP contribution in [0.15, 0.2) is 44.5 Å². The van der Waals surface area contributed by atoms with Crippen LogP contribution in [0.5, 0.6) is 0 Å². The largest absolute Gasteiger partial charge is 0.367 e. The minimum absolute atomic E-state index is 0.0130. The van der Waals surface area contributed by atoms with Crippen molar-refractivity contribution in [2.45, 2.75) is 12.3 Å². The fourth-order valence-electron chi connectivity index (χ4n) is 3.47. The van der Waals surface area contributed by atoms with Crippen molar-refractivity contribution in [2.75, 3.05) is 19.0 Å². The summed E-state index contributed by atoms with van der Waals surface area (Å²) in [4.78, 5) is 12.7. The van der Waals surface area contributed by atoms with Gasteiger partial charge in [-0.2, -0.15) is 0 Å². The molecule has 3 aliphatic heterocycles. The van der Waals surface area contributed by atoms with E-state index >= 15 is 0 Å². The van der Waals surface area contributed by atoms with Gasteiger partial charge in [-0.3, -0.25) is 4.79 Å². The van der Waals surface area contributed by atoms with Crippen LogP contribution in [0.25, 0.3) is 0 Å². The normalized spacial score (nSPS) is 25.4. The van der Waals surface area contributed by atoms with E-state index in [-0.39, 0.29) is 34.1 Å². The first kappa shape index (κ1) is 16.0. The molecule has 5 nitrogen and oxygen atoms in total. The highest BCUT2D eigenvalue weighted by Crippen LogP contribution is 2.46. The number of benzene rings is 1. The average Bonchev–Trinajstić information content (AvgIpc) is 2.84. The number of rotatable bonds is 1. The zero-order valence-electron chi connectivity index (χ0n) is 12.4. The second-order valence-electron chi connectivity index (χ2n) is 5.95. The number of nitrogens with one attached hydrogen (secondary N) is 1. The second-order valence-corrected chi connectivity index (χ2v) is 8.88. The van der Waals surface area contributed by atoms with Crippen molar-refractivity contribution in [3.05, 3.63) is 55.9 Å². The highest BCUT2D eigenvalue weighted by molar-refractivity contribution is 9.10. The number of sulfone groups is 1. The minimum Gasteiger partial charge on any atom is -0.367 e. The Hall–Kier alpha value is -1.51. The summed E-state index contributed by atoms with van der Waals surface area (Å²) in [5.74, 6) is -1.39. The lowest BCUT2D eigenvalue weighted by Gasteiger charge is -2.33. The van der Waals surface area contributed by atoms with Crippen LogP contribution in [0.4, 0.5) is 4.39 Å². The summed E-state index contributed by atoms with van der Waals surface area (Å²) in [6.45, 7) is 0.152. The van der Waals surface area contributed by atoms with E-state index in [0.29, 0.717) is 29.0 Å². The standard InChI is InChI=1S/C16H13BrFNO4S/c17-9-5-8(1-2-10(9)18)14-15-12(6-23-7-13(15)20)19-11-3-4-24(21,22)16(11)14/h1-2,5,14,19H,3-4,6-7H2/t14-/m1/s1. The van der Waals surface area contributed by atoms with Crippen molar-refractivity contribution in [3.63, 3.8) is 0 Å². The molecule has 24 heavy (non-hydrogen) atoms. The first-order valence-corrected chi connectivity index (χ1v) is 9.85. The van der Waals surface area contributed by atoms with Crippen LogP contribution >= 0.6 is 15.9 Å². The molecule has 3 aliphatic rings. The number of carbonyl (C=O) groups is 1. The Morgan fingerprint density at radius 1 is 1.25 bits per heavy atom. The first-order chi connectivity index (χ1) is 11.4. The predicted molar refractivity (Wildman–Crippen MR) is 88.3 cm³/mol. The van der Waals surface area contributed by atoms with Crippen LogP contribution in [0, 0.1) is 5.82 Å². The van der Waals surface area contributed by atoms with E-state index in [4.69, 9.17) is 4.74 Å².